The number of rotatable bonds is 4. The highest BCUT2D eigenvalue weighted by Crippen LogP contribution is 2.35. The van der Waals surface area contributed by atoms with Gasteiger partial charge < -0.3 is 4.42 Å². The first-order valence-corrected chi connectivity index (χ1v) is 11.1. The Morgan fingerprint density at radius 1 is 1.17 bits per heavy atom. The molecule has 0 radical (unpaired) electrons. The molecule has 122 valence electrons. The van der Waals surface area contributed by atoms with Crippen molar-refractivity contribution in [3.63, 3.8) is 0 Å². The molecular weight excluding hydrogens is 358 g/mol. The van der Waals surface area contributed by atoms with E-state index in [1.165, 1.54) is 35.6 Å². The van der Waals surface area contributed by atoms with Crippen LogP contribution < -0.4 is 0 Å². The van der Waals surface area contributed by atoms with E-state index < -0.39 is 19.7 Å². The van der Waals surface area contributed by atoms with Gasteiger partial charge in [-0.2, -0.15) is 0 Å². The van der Waals surface area contributed by atoms with Crippen molar-refractivity contribution in [1.82, 2.24) is 4.98 Å². The fraction of sp³-hybridized carbons (Fsp3) is 0.214. The predicted octanol–water partition coefficient (Wildman–Crippen LogP) is 2.75. The standard InChI is InChI=1S/C14H13NO5S3/c1-3-23(18,19)12-6-7-21-13(12)14-15-10-8-9(22(2,16)17)4-5-11(10)20-14/h4-8H,3H2,1-2H3. The Balaban J connectivity index is 2.18. The third kappa shape index (κ3) is 2.91. The fourth-order valence-electron chi connectivity index (χ4n) is 2.09. The van der Waals surface area contributed by atoms with Crippen molar-refractivity contribution in [2.45, 2.75) is 16.7 Å². The highest BCUT2D eigenvalue weighted by molar-refractivity contribution is 7.91. The molecule has 0 amide bonds. The SMILES string of the molecule is CCS(=O)(=O)c1ccsc1-c1nc2cc(S(C)(=O)=O)ccc2o1. The molecule has 0 aliphatic rings. The Bertz CT molecular complexity index is 1090. The number of nitrogens with zero attached hydrogens (tertiary/aromatic N) is 1. The van der Waals surface area contributed by atoms with Crippen LogP contribution >= 0.6 is 11.3 Å². The summed E-state index contributed by atoms with van der Waals surface area (Å²) in [7, 11) is -6.74. The molecular formula is C14H13NO5S3. The van der Waals surface area contributed by atoms with Gasteiger partial charge in [-0.3, -0.25) is 0 Å². The van der Waals surface area contributed by atoms with Crippen molar-refractivity contribution in [3.05, 3.63) is 29.6 Å². The number of fused-ring (bicyclic) bond motifs is 1. The van der Waals surface area contributed by atoms with Crippen LogP contribution in [-0.2, 0) is 19.7 Å². The summed E-state index contributed by atoms with van der Waals surface area (Å²) >= 11 is 1.22. The molecule has 0 saturated heterocycles. The molecule has 2 heterocycles. The van der Waals surface area contributed by atoms with Crippen LogP contribution in [0.3, 0.4) is 0 Å². The molecule has 0 saturated carbocycles. The van der Waals surface area contributed by atoms with Gasteiger partial charge in [0, 0.05) is 6.26 Å². The number of hydrogen-bond acceptors (Lipinski definition) is 7. The molecule has 0 N–H and O–H groups in total. The van der Waals surface area contributed by atoms with E-state index >= 15 is 0 Å². The summed E-state index contributed by atoms with van der Waals surface area (Å²) in [5.41, 5.74) is 0.775. The van der Waals surface area contributed by atoms with E-state index in [0.717, 1.165) is 6.26 Å². The molecule has 0 aliphatic carbocycles. The summed E-state index contributed by atoms with van der Waals surface area (Å²) in [5, 5.41) is 1.66. The molecule has 0 fully saturated rings. The number of oxazole rings is 1. The van der Waals surface area contributed by atoms with Gasteiger partial charge in [0.25, 0.3) is 0 Å². The van der Waals surface area contributed by atoms with E-state index in [-0.39, 0.29) is 21.4 Å². The number of aromatic nitrogens is 1. The average Bonchev–Trinajstić information content (AvgIpc) is 3.11. The van der Waals surface area contributed by atoms with Gasteiger partial charge in [-0.1, -0.05) is 6.92 Å². The topological polar surface area (TPSA) is 94.3 Å². The third-order valence-electron chi connectivity index (χ3n) is 3.33. The lowest BCUT2D eigenvalue weighted by Gasteiger charge is -1.99. The third-order valence-corrected chi connectivity index (χ3v) is 7.24. The van der Waals surface area contributed by atoms with Crippen LogP contribution in [0.4, 0.5) is 0 Å². The first-order valence-electron chi connectivity index (χ1n) is 6.63. The van der Waals surface area contributed by atoms with Crippen LogP contribution in [0.2, 0.25) is 0 Å². The maximum Gasteiger partial charge on any atom is 0.238 e. The molecule has 23 heavy (non-hydrogen) atoms. The Morgan fingerprint density at radius 2 is 1.91 bits per heavy atom. The Hall–Kier alpha value is -1.71. The Labute approximate surface area is 137 Å². The maximum absolute atomic E-state index is 12.1. The minimum absolute atomic E-state index is 0.0187. The second-order valence-corrected chi connectivity index (χ2v) is 10.1. The van der Waals surface area contributed by atoms with Gasteiger partial charge in [-0.25, -0.2) is 21.8 Å². The lowest BCUT2D eigenvalue weighted by Crippen LogP contribution is -2.03. The summed E-state index contributed by atoms with van der Waals surface area (Å²) in [6.07, 6.45) is 1.11. The minimum Gasteiger partial charge on any atom is -0.435 e. The van der Waals surface area contributed by atoms with Crippen LogP contribution in [0.25, 0.3) is 21.9 Å². The number of benzene rings is 1. The van der Waals surface area contributed by atoms with Crippen molar-refractivity contribution in [2.24, 2.45) is 0 Å². The maximum atomic E-state index is 12.1. The van der Waals surface area contributed by atoms with Crippen LogP contribution in [-0.4, -0.2) is 33.8 Å². The van der Waals surface area contributed by atoms with Gasteiger partial charge in [-0.15, -0.1) is 11.3 Å². The molecule has 0 bridgehead atoms. The van der Waals surface area contributed by atoms with E-state index in [1.54, 1.807) is 12.3 Å². The zero-order valence-electron chi connectivity index (χ0n) is 12.3. The molecule has 2 aromatic heterocycles. The normalized spacial score (nSPS) is 12.8. The largest absolute Gasteiger partial charge is 0.435 e. The summed E-state index contributed by atoms with van der Waals surface area (Å²) in [5.74, 6) is 0.155. The highest BCUT2D eigenvalue weighted by Gasteiger charge is 2.23. The lowest BCUT2D eigenvalue weighted by molar-refractivity contribution is 0.594. The first kappa shape index (κ1) is 16.2. The van der Waals surface area contributed by atoms with Crippen LogP contribution in [0.1, 0.15) is 6.92 Å². The van der Waals surface area contributed by atoms with E-state index in [4.69, 9.17) is 4.42 Å². The van der Waals surface area contributed by atoms with Gasteiger partial charge in [0.1, 0.15) is 10.4 Å². The second-order valence-electron chi connectivity index (χ2n) is 4.94. The molecule has 0 atom stereocenters. The first-order chi connectivity index (χ1) is 10.7. The summed E-state index contributed by atoms with van der Waals surface area (Å²) in [6.45, 7) is 1.57. The van der Waals surface area contributed by atoms with Crippen LogP contribution in [0.5, 0.6) is 0 Å². The number of hydrogen-bond donors (Lipinski definition) is 0. The summed E-state index contributed by atoms with van der Waals surface area (Å²) in [6, 6.07) is 5.89. The fourth-order valence-corrected chi connectivity index (χ4v) is 5.01. The summed E-state index contributed by atoms with van der Waals surface area (Å²) < 4.78 is 53.0. The average molecular weight is 371 g/mol. The minimum atomic E-state index is -3.39. The molecule has 9 heteroatoms. The predicted molar refractivity (Wildman–Crippen MR) is 88.2 cm³/mol. The van der Waals surface area contributed by atoms with Gasteiger partial charge in [0.15, 0.2) is 25.3 Å². The molecule has 0 unspecified atom stereocenters. The molecule has 3 rings (SSSR count). The highest BCUT2D eigenvalue weighted by atomic mass is 32.2. The Morgan fingerprint density at radius 3 is 2.57 bits per heavy atom. The van der Waals surface area contributed by atoms with E-state index in [2.05, 4.69) is 4.98 Å². The van der Waals surface area contributed by atoms with Gasteiger partial charge in [0.05, 0.1) is 15.5 Å². The number of sulfone groups is 2. The van der Waals surface area contributed by atoms with E-state index in [1.807, 2.05) is 0 Å². The molecule has 1 aromatic carbocycles. The van der Waals surface area contributed by atoms with Crippen LogP contribution in [0, 0.1) is 0 Å². The van der Waals surface area contributed by atoms with Crippen molar-refractivity contribution in [1.29, 1.82) is 0 Å². The van der Waals surface area contributed by atoms with Gasteiger partial charge >= 0.3 is 0 Å². The molecule has 0 spiro atoms. The van der Waals surface area contributed by atoms with Crippen LogP contribution in [0.15, 0.2) is 43.9 Å². The smallest absolute Gasteiger partial charge is 0.238 e. The van der Waals surface area contributed by atoms with Crippen molar-refractivity contribution in [3.8, 4) is 10.8 Å². The van der Waals surface area contributed by atoms with Gasteiger partial charge in [-0.05, 0) is 29.6 Å². The monoisotopic (exact) mass is 371 g/mol. The molecule has 3 aromatic rings. The second kappa shape index (κ2) is 5.43. The molecule has 6 nitrogen and oxygen atoms in total. The molecule has 0 aliphatic heterocycles. The zero-order chi connectivity index (χ0) is 16.8. The Kier molecular flexibility index (Phi) is 3.81. The van der Waals surface area contributed by atoms with Crippen molar-refractivity contribution >= 4 is 42.1 Å². The lowest BCUT2D eigenvalue weighted by atomic mass is 10.3. The van der Waals surface area contributed by atoms with Gasteiger partial charge in [0.2, 0.25) is 5.89 Å². The van der Waals surface area contributed by atoms with E-state index in [9.17, 15) is 16.8 Å². The zero-order valence-corrected chi connectivity index (χ0v) is 14.8. The number of thiophene rings is 1. The van der Waals surface area contributed by atoms with E-state index in [0.29, 0.717) is 16.0 Å². The van der Waals surface area contributed by atoms with Crippen molar-refractivity contribution < 1.29 is 21.3 Å². The summed E-state index contributed by atoms with van der Waals surface area (Å²) in [4.78, 5) is 4.99. The quantitative estimate of drug-likeness (QED) is 0.700. The van der Waals surface area contributed by atoms with Crippen molar-refractivity contribution in [2.75, 3.05) is 12.0 Å².